The molecule has 1 aromatic heterocycles. The molecule has 142 valence electrons. The number of rotatable bonds is 5. The highest BCUT2D eigenvalue weighted by molar-refractivity contribution is 5.64. The van der Waals surface area contributed by atoms with Gasteiger partial charge in [0, 0.05) is 18.0 Å². The van der Waals surface area contributed by atoms with Gasteiger partial charge in [0.2, 0.25) is 0 Å². The van der Waals surface area contributed by atoms with E-state index in [1.807, 2.05) is 12.1 Å². The Morgan fingerprint density at radius 3 is 2.29 bits per heavy atom. The van der Waals surface area contributed by atoms with E-state index in [0.717, 1.165) is 17.0 Å². The van der Waals surface area contributed by atoms with Gasteiger partial charge in [-0.15, -0.1) is 0 Å². The first kappa shape index (κ1) is 18.5. The van der Waals surface area contributed by atoms with E-state index in [9.17, 15) is 10.2 Å². The molecule has 4 rings (SSSR count). The molecule has 0 unspecified atom stereocenters. The van der Waals surface area contributed by atoms with Crippen LogP contribution in [-0.4, -0.2) is 26.4 Å². The van der Waals surface area contributed by atoms with Crippen LogP contribution in [0.1, 0.15) is 54.8 Å². The van der Waals surface area contributed by atoms with Gasteiger partial charge in [-0.05, 0) is 54.5 Å². The van der Waals surface area contributed by atoms with Gasteiger partial charge in [-0.3, -0.25) is 0 Å². The van der Waals surface area contributed by atoms with Crippen LogP contribution in [0.5, 0.6) is 0 Å². The normalized spacial score (nSPS) is 15.5. The first-order valence-electron chi connectivity index (χ1n) is 9.69. The fourth-order valence-electron chi connectivity index (χ4n) is 3.39. The minimum absolute atomic E-state index is 0.144. The standard InChI is InChI=1S/C24H24N2O2/c1-17(28)24-25-14-15-26(24)23(16-27)13-4-18-2-5-19(6-3-18)20-7-9-21(10-8-20)22-11-12-22/h2-3,5-10,14-15,17,22-23,27-28H,11-12,16H2,1H3/t17-,23-/m0/s1. The third-order valence-corrected chi connectivity index (χ3v) is 5.14. The second-order valence-electron chi connectivity index (χ2n) is 7.31. The molecular formula is C24H24N2O2. The van der Waals surface area contributed by atoms with Gasteiger partial charge in [0.15, 0.2) is 0 Å². The topological polar surface area (TPSA) is 58.3 Å². The van der Waals surface area contributed by atoms with Gasteiger partial charge in [0.05, 0.1) is 6.61 Å². The molecule has 3 aromatic rings. The third-order valence-electron chi connectivity index (χ3n) is 5.14. The molecule has 2 aromatic carbocycles. The van der Waals surface area contributed by atoms with Crippen molar-refractivity contribution in [1.82, 2.24) is 9.55 Å². The second kappa shape index (κ2) is 8.02. The summed E-state index contributed by atoms with van der Waals surface area (Å²) in [4.78, 5) is 4.14. The Balaban J connectivity index is 1.50. The number of aliphatic hydroxyl groups is 2. The van der Waals surface area contributed by atoms with Gasteiger partial charge in [0.25, 0.3) is 0 Å². The molecular weight excluding hydrogens is 348 g/mol. The van der Waals surface area contributed by atoms with Gasteiger partial charge < -0.3 is 14.8 Å². The molecule has 0 amide bonds. The second-order valence-corrected chi connectivity index (χ2v) is 7.31. The summed E-state index contributed by atoms with van der Waals surface area (Å²) in [7, 11) is 0. The van der Waals surface area contributed by atoms with Gasteiger partial charge >= 0.3 is 0 Å². The molecule has 0 bridgehead atoms. The molecule has 2 atom stereocenters. The van der Waals surface area contributed by atoms with Crippen LogP contribution >= 0.6 is 0 Å². The minimum atomic E-state index is -0.712. The molecule has 2 N–H and O–H groups in total. The lowest BCUT2D eigenvalue weighted by Gasteiger charge is -2.14. The maximum absolute atomic E-state index is 9.80. The Hall–Kier alpha value is -2.87. The monoisotopic (exact) mass is 372 g/mol. The van der Waals surface area contributed by atoms with Gasteiger partial charge in [-0.25, -0.2) is 4.98 Å². The Morgan fingerprint density at radius 2 is 1.71 bits per heavy atom. The van der Waals surface area contributed by atoms with E-state index in [1.54, 1.807) is 23.9 Å². The molecule has 0 aliphatic heterocycles. The van der Waals surface area contributed by atoms with Crippen molar-refractivity contribution in [2.24, 2.45) is 0 Å². The molecule has 1 aliphatic rings. The van der Waals surface area contributed by atoms with Crippen LogP contribution in [0, 0.1) is 11.8 Å². The lowest BCUT2D eigenvalue weighted by atomic mass is 10.0. The fraction of sp³-hybridized carbons (Fsp3) is 0.292. The number of benzene rings is 2. The van der Waals surface area contributed by atoms with Crippen molar-refractivity contribution in [3.63, 3.8) is 0 Å². The first-order valence-corrected chi connectivity index (χ1v) is 9.69. The van der Waals surface area contributed by atoms with Crippen LogP contribution in [0.3, 0.4) is 0 Å². The third kappa shape index (κ3) is 4.01. The molecule has 4 nitrogen and oxygen atoms in total. The number of nitrogens with zero attached hydrogens (tertiary/aromatic N) is 2. The van der Waals surface area contributed by atoms with E-state index in [2.05, 4.69) is 53.2 Å². The van der Waals surface area contributed by atoms with Gasteiger partial charge in [0.1, 0.15) is 18.0 Å². The summed E-state index contributed by atoms with van der Waals surface area (Å²) in [6, 6.07) is 16.5. The van der Waals surface area contributed by atoms with Crippen LogP contribution in [-0.2, 0) is 0 Å². The van der Waals surface area contributed by atoms with Gasteiger partial charge in [-0.1, -0.05) is 48.2 Å². The molecule has 1 heterocycles. The average molecular weight is 372 g/mol. The summed E-state index contributed by atoms with van der Waals surface area (Å²) >= 11 is 0. The number of hydrogen-bond acceptors (Lipinski definition) is 3. The summed E-state index contributed by atoms with van der Waals surface area (Å²) < 4.78 is 1.72. The van der Waals surface area contributed by atoms with Gasteiger partial charge in [-0.2, -0.15) is 0 Å². The lowest BCUT2D eigenvalue weighted by Crippen LogP contribution is -2.15. The van der Waals surface area contributed by atoms with Crippen molar-refractivity contribution < 1.29 is 10.2 Å². The Kier molecular flexibility index (Phi) is 5.29. The summed E-state index contributed by atoms with van der Waals surface area (Å²) in [6.07, 6.45) is 5.26. The molecule has 4 heteroatoms. The molecule has 1 aliphatic carbocycles. The van der Waals surface area contributed by atoms with E-state index >= 15 is 0 Å². The maximum atomic E-state index is 9.80. The maximum Gasteiger partial charge on any atom is 0.138 e. The van der Waals surface area contributed by atoms with Crippen molar-refractivity contribution in [1.29, 1.82) is 0 Å². The summed E-state index contributed by atoms with van der Waals surface area (Å²) in [5, 5.41) is 19.5. The first-order chi connectivity index (χ1) is 13.7. The van der Waals surface area contributed by atoms with E-state index < -0.39 is 12.1 Å². The van der Waals surface area contributed by atoms with E-state index in [-0.39, 0.29) is 6.61 Å². The van der Waals surface area contributed by atoms with Crippen LogP contribution in [0.4, 0.5) is 0 Å². The highest BCUT2D eigenvalue weighted by Crippen LogP contribution is 2.40. The molecule has 0 spiro atoms. The molecule has 1 fully saturated rings. The van der Waals surface area contributed by atoms with Crippen molar-refractivity contribution in [2.75, 3.05) is 6.61 Å². The van der Waals surface area contributed by atoms with Crippen LogP contribution in [0.2, 0.25) is 0 Å². The molecule has 0 saturated heterocycles. The highest BCUT2D eigenvalue weighted by Gasteiger charge is 2.22. The Bertz CT molecular complexity index is 988. The SMILES string of the molecule is C[C@H](O)c1nccn1[C@@H](C#Cc1ccc(-c2ccc(C3CC3)cc2)cc1)CO. The predicted molar refractivity (Wildman–Crippen MR) is 110 cm³/mol. The number of aliphatic hydroxyl groups excluding tert-OH is 2. The Morgan fingerprint density at radius 1 is 1.07 bits per heavy atom. The molecule has 0 radical (unpaired) electrons. The smallest absolute Gasteiger partial charge is 0.138 e. The van der Waals surface area contributed by atoms with Crippen LogP contribution in [0.15, 0.2) is 60.9 Å². The van der Waals surface area contributed by atoms with Crippen molar-refractivity contribution >= 4 is 0 Å². The van der Waals surface area contributed by atoms with E-state index in [1.165, 1.54) is 24.0 Å². The Labute approximate surface area is 165 Å². The zero-order valence-electron chi connectivity index (χ0n) is 15.9. The molecule has 1 saturated carbocycles. The van der Waals surface area contributed by atoms with Crippen LogP contribution < -0.4 is 0 Å². The quantitative estimate of drug-likeness (QED) is 0.664. The van der Waals surface area contributed by atoms with Crippen LogP contribution in [0.25, 0.3) is 11.1 Å². The summed E-state index contributed by atoms with van der Waals surface area (Å²) in [6.45, 7) is 1.51. The fourth-order valence-corrected chi connectivity index (χ4v) is 3.39. The van der Waals surface area contributed by atoms with E-state index in [4.69, 9.17) is 0 Å². The van der Waals surface area contributed by atoms with Crippen molar-refractivity contribution in [3.8, 4) is 23.0 Å². The number of hydrogen-bond donors (Lipinski definition) is 2. The van der Waals surface area contributed by atoms with Crippen molar-refractivity contribution in [3.05, 3.63) is 77.9 Å². The number of imidazole rings is 1. The lowest BCUT2D eigenvalue weighted by molar-refractivity contribution is 0.176. The molecule has 28 heavy (non-hydrogen) atoms. The predicted octanol–water partition coefficient (Wildman–Crippen LogP) is 4.07. The highest BCUT2D eigenvalue weighted by atomic mass is 16.3. The zero-order valence-corrected chi connectivity index (χ0v) is 15.9. The zero-order chi connectivity index (χ0) is 19.5. The number of aromatic nitrogens is 2. The largest absolute Gasteiger partial charge is 0.393 e. The van der Waals surface area contributed by atoms with E-state index in [0.29, 0.717) is 5.82 Å². The summed E-state index contributed by atoms with van der Waals surface area (Å²) in [5.41, 5.74) is 4.70. The van der Waals surface area contributed by atoms with Crippen molar-refractivity contribution in [2.45, 2.75) is 37.8 Å². The minimum Gasteiger partial charge on any atom is -0.393 e. The average Bonchev–Trinajstić information content (AvgIpc) is 3.46. The summed E-state index contributed by atoms with van der Waals surface area (Å²) in [5.74, 6) is 7.47.